The number of aryl methyl sites for hydroxylation is 1. The fourth-order valence-electron chi connectivity index (χ4n) is 2.61. The lowest BCUT2D eigenvalue weighted by Gasteiger charge is -2.21. The largest absolute Gasteiger partial charge is 0.502 e. The molecule has 0 aliphatic rings. The second kappa shape index (κ2) is 9.73. The molecule has 1 N–H and O–H groups in total. The van der Waals surface area contributed by atoms with Crippen LogP contribution in [0.1, 0.15) is 30.7 Å². The van der Waals surface area contributed by atoms with E-state index in [1.54, 1.807) is 38.3 Å². The van der Waals surface area contributed by atoms with E-state index in [0.29, 0.717) is 16.4 Å². The molecule has 8 heteroatoms. The van der Waals surface area contributed by atoms with Crippen molar-refractivity contribution in [3.05, 3.63) is 47.3 Å². The Morgan fingerprint density at radius 2 is 1.68 bits per heavy atom. The second-order valence-corrected chi connectivity index (χ2v) is 7.82. The van der Waals surface area contributed by atoms with Gasteiger partial charge in [-0.1, -0.05) is 6.07 Å². The summed E-state index contributed by atoms with van der Waals surface area (Å²) in [5.41, 5.74) is 2.04. The van der Waals surface area contributed by atoms with Gasteiger partial charge in [0.2, 0.25) is 5.75 Å². The first kappa shape index (κ1) is 22.0. The fraction of sp³-hybridized carbons (Fsp3) is 0.350. The fourth-order valence-corrected chi connectivity index (χ4v) is 4.40. The van der Waals surface area contributed by atoms with Crippen molar-refractivity contribution in [1.82, 2.24) is 4.98 Å². The maximum atomic E-state index is 13.5. The van der Waals surface area contributed by atoms with Gasteiger partial charge in [0.15, 0.2) is 11.5 Å². The van der Waals surface area contributed by atoms with E-state index in [1.807, 2.05) is 19.1 Å². The van der Waals surface area contributed by atoms with Gasteiger partial charge in [-0.25, -0.2) is 0 Å². The van der Waals surface area contributed by atoms with Crippen molar-refractivity contribution in [3.8, 4) is 17.2 Å². The number of pyridine rings is 1. The molecule has 2 aromatic rings. The van der Waals surface area contributed by atoms with Crippen molar-refractivity contribution in [1.29, 1.82) is 0 Å². The predicted molar refractivity (Wildman–Crippen MR) is 109 cm³/mol. The Morgan fingerprint density at radius 3 is 2.11 bits per heavy atom. The van der Waals surface area contributed by atoms with E-state index in [9.17, 15) is 9.67 Å². The Morgan fingerprint density at radius 1 is 1.11 bits per heavy atom. The van der Waals surface area contributed by atoms with Crippen molar-refractivity contribution in [3.63, 3.8) is 0 Å². The minimum absolute atomic E-state index is 0.112. The Balaban J connectivity index is 2.71. The van der Waals surface area contributed by atoms with E-state index < -0.39 is 7.60 Å². The van der Waals surface area contributed by atoms with E-state index in [-0.39, 0.29) is 30.5 Å². The van der Waals surface area contributed by atoms with Crippen molar-refractivity contribution in [2.24, 2.45) is 0 Å². The van der Waals surface area contributed by atoms with E-state index in [0.717, 1.165) is 5.69 Å². The smallest absolute Gasteiger partial charge is 0.361 e. The summed E-state index contributed by atoms with van der Waals surface area (Å²) in [7, 11) is -0.729. The zero-order chi connectivity index (χ0) is 20.7. The predicted octanol–water partition coefficient (Wildman–Crippen LogP) is 4.88. The maximum absolute atomic E-state index is 13.5. The number of nitrogens with zero attached hydrogens (tertiary/aromatic N) is 1. The molecule has 0 saturated carbocycles. The molecule has 1 aromatic heterocycles. The molecule has 0 bridgehead atoms. The van der Waals surface area contributed by atoms with Crippen molar-refractivity contribution in [2.45, 2.75) is 20.8 Å². The third kappa shape index (κ3) is 4.93. The summed E-state index contributed by atoms with van der Waals surface area (Å²) < 4.78 is 35.0. The van der Waals surface area contributed by atoms with Gasteiger partial charge in [-0.3, -0.25) is 9.55 Å². The molecule has 0 aliphatic heterocycles. The zero-order valence-corrected chi connectivity index (χ0v) is 17.7. The monoisotopic (exact) mass is 407 g/mol. The quantitative estimate of drug-likeness (QED) is 0.593. The molecule has 28 heavy (non-hydrogen) atoms. The molecule has 0 unspecified atom stereocenters. The number of hydrogen-bond acceptors (Lipinski definition) is 7. The van der Waals surface area contributed by atoms with Crippen LogP contribution in [0.2, 0.25) is 0 Å². The highest BCUT2D eigenvalue weighted by Gasteiger charge is 2.31. The number of aromatic nitrogens is 1. The molecular weight excluding hydrogens is 381 g/mol. The number of hydrogen-bond donors (Lipinski definition) is 1. The standard InChI is InChI=1S/C20H26NO6P/c1-6-26-28(23,27-7-2)19(16-9-8-14(3)21-13-16)12-15-10-17(24-4)20(22)18(11-15)25-5/h8-13,22H,6-7H2,1-5H3/b19-12+. The summed E-state index contributed by atoms with van der Waals surface area (Å²) in [6, 6.07) is 6.86. The third-order valence-electron chi connectivity index (χ3n) is 3.91. The van der Waals surface area contributed by atoms with Gasteiger partial charge in [-0.2, -0.15) is 0 Å². The van der Waals surface area contributed by atoms with Gasteiger partial charge in [0.25, 0.3) is 0 Å². The molecule has 0 atom stereocenters. The molecule has 7 nitrogen and oxygen atoms in total. The minimum atomic E-state index is -3.61. The van der Waals surface area contributed by atoms with E-state index in [2.05, 4.69) is 4.98 Å². The number of aromatic hydroxyl groups is 1. The molecule has 0 saturated heterocycles. The van der Waals surface area contributed by atoms with Crippen LogP contribution in [0.5, 0.6) is 17.2 Å². The lowest BCUT2D eigenvalue weighted by atomic mass is 10.1. The molecular formula is C20H26NO6P. The van der Waals surface area contributed by atoms with Crippen LogP contribution in [-0.2, 0) is 13.6 Å². The minimum Gasteiger partial charge on any atom is -0.502 e. The van der Waals surface area contributed by atoms with E-state index >= 15 is 0 Å². The van der Waals surface area contributed by atoms with E-state index in [4.69, 9.17) is 18.5 Å². The molecule has 0 aliphatic carbocycles. The van der Waals surface area contributed by atoms with Crippen molar-refractivity contribution < 1.29 is 28.2 Å². The molecule has 152 valence electrons. The van der Waals surface area contributed by atoms with Crippen molar-refractivity contribution >= 4 is 19.0 Å². The van der Waals surface area contributed by atoms with Crippen LogP contribution >= 0.6 is 7.60 Å². The second-order valence-electron chi connectivity index (χ2n) is 5.82. The van der Waals surface area contributed by atoms with Gasteiger partial charge in [-0.05, 0) is 50.6 Å². The van der Waals surface area contributed by atoms with Crippen LogP contribution in [0.25, 0.3) is 11.4 Å². The highest BCUT2D eigenvalue weighted by molar-refractivity contribution is 7.65. The highest BCUT2D eigenvalue weighted by atomic mass is 31.2. The third-order valence-corrected chi connectivity index (χ3v) is 6.08. The van der Waals surface area contributed by atoms with E-state index in [1.165, 1.54) is 14.2 Å². The maximum Gasteiger partial charge on any atom is 0.361 e. The summed E-state index contributed by atoms with van der Waals surface area (Å²) in [5.74, 6) is 0.350. The molecule has 1 aromatic carbocycles. The van der Waals surface area contributed by atoms with Crippen LogP contribution in [0.4, 0.5) is 0 Å². The van der Waals surface area contributed by atoms with Crippen molar-refractivity contribution in [2.75, 3.05) is 27.4 Å². The Kier molecular flexibility index (Phi) is 7.63. The number of phenolic OH excluding ortho intramolecular Hbond substituents is 1. The Labute approximate surface area is 165 Å². The van der Waals surface area contributed by atoms with Gasteiger partial charge in [0.1, 0.15) is 0 Å². The number of ether oxygens (including phenoxy) is 2. The van der Waals surface area contributed by atoms with Crippen LogP contribution in [-0.4, -0.2) is 37.5 Å². The topological polar surface area (TPSA) is 87.1 Å². The van der Waals surface area contributed by atoms with Crippen LogP contribution in [0.15, 0.2) is 30.5 Å². The first-order chi connectivity index (χ1) is 13.4. The molecule has 0 amide bonds. The van der Waals surface area contributed by atoms with Gasteiger partial charge in [0.05, 0.1) is 32.7 Å². The summed E-state index contributed by atoms with van der Waals surface area (Å²) in [5, 5.41) is 10.5. The number of rotatable bonds is 9. The molecule has 0 fully saturated rings. The average Bonchev–Trinajstić information content (AvgIpc) is 2.68. The summed E-state index contributed by atoms with van der Waals surface area (Å²) in [6.07, 6.45) is 3.30. The first-order valence-electron chi connectivity index (χ1n) is 8.87. The number of benzene rings is 1. The SMILES string of the molecule is CCOP(=O)(OCC)/C(=C/c1cc(OC)c(O)c(OC)c1)c1ccc(C)nc1. The van der Waals surface area contributed by atoms with Crippen LogP contribution in [0, 0.1) is 6.92 Å². The lowest BCUT2D eigenvalue weighted by molar-refractivity contribution is 0.231. The van der Waals surface area contributed by atoms with Crippen LogP contribution in [0.3, 0.4) is 0 Å². The van der Waals surface area contributed by atoms with Gasteiger partial charge < -0.3 is 23.6 Å². The summed E-state index contributed by atoms with van der Waals surface area (Å²) in [6.45, 7) is 5.81. The van der Waals surface area contributed by atoms with Gasteiger partial charge in [-0.15, -0.1) is 0 Å². The Hall–Kier alpha value is -2.34. The summed E-state index contributed by atoms with van der Waals surface area (Å²) >= 11 is 0. The van der Waals surface area contributed by atoms with Gasteiger partial charge in [0, 0.05) is 17.5 Å². The average molecular weight is 407 g/mol. The number of phenols is 1. The zero-order valence-electron chi connectivity index (χ0n) is 16.8. The normalized spacial score (nSPS) is 12.1. The van der Waals surface area contributed by atoms with Gasteiger partial charge >= 0.3 is 7.60 Å². The molecule has 0 radical (unpaired) electrons. The Bertz CT molecular complexity index is 844. The highest BCUT2D eigenvalue weighted by Crippen LogP contribution is 2.61. The number of methoxy groups -OCH3 is 2. The summed E-state index contributed by atoms with van der Waals surface area (Å²) in [4.78, 5) is 4.29. The molecule has 1 heterocycles. The first-order valence-corrected chi connectivity index (χ1v) is 10.4. The van der Waals surface area contributed by atoms with Crippen LogP contribution < -0.4 is 9.47 Å². The molecule has 0 spiro atoms. The molecule has 2 rings (SSSR count). The lowest BCUT2D eigenvalue weighted by Crippen LogP contribution is -2.00.